The Balaban J connectivity index is 4.14. The molecule has 1 N–H and O–H groups in total. The van der Waals surface area contributed by atoms with Crippen molar-refractivity contribution in [2.24, 2.45) is 0 Å². The second-order valence-electron chi connectivity index (χ2n) is 3.01. The van der Waals surface area contributed by atoms with Gasteiger partial charge < -0.3 is 5.11 Å². The van der Waals surface area contributed by atoms with Crippen molar-refractivity contribution in [3.63, 3.8) is 0 Å². The van der Waals surface area contributed by atoms with Gasteiger partial charge in [-0.15, -0.1) is 6.42 Å². The predicted molar refractivity (Wildman–Crippen MR) is 47.2 cm³/mol. The maximum Gasteiger partial charge on any atom is 0.0766 e. The van der Waals surface area contributed by atoms with Crippen molar-refractivity contribution in [1.29, 1.82) is 0 Å². The number of β-amino-alcohol motifs (C(OH)–C–C–N with tert-alkyl or cyclic N) is 1. The maximum absolute atomic E-state index is 8.72. The van der Waals surface area contributed by atoms with Gasteiger partial charge in [-0.25, -0.2) is 0 Å². The first-order valence-electron chi connectivity index (χ1n) is 3.92. The smallest absolute Gasteiger partial charge is 0.0766 e. The maximum atomic E-state index is 8.72. The minimum atomic E-state index is -0.239. The van der Waals surface area contributed by atoms with Crippen LogP contribution < -0.4 is 0 Å². The fourth-order valence-electron chi connectivity index (χ4n) is 1.04. The topological polar surface area (TPSA) is 23.5 Å². The Labute approximate surface area is 69.2 Å². The average Bonchev–Trinajstić information content (AvgIpc) is 2.00. The van der Waals surface area contributed by atoms with Crippen molar-refractivity contribution >= 4 is 0 Å². The number of aliphatic hydroxyl groups is 1. The van der Waals surface area contributed by atoms with Crippen LogP contribution in [0, 0.1) is 12.3 Å². The Morgan fingerprint density at radius 1 is 1.55 bits per heavy atom. The van der Waals surface area contributed by atoms with Crippen LogP contribution in [0.1, 0.15) is 20.8 Å². The van der Waals surface area contributed by atoms with Crippen molar-refractivity contribution in [3.8, 4) is 12.3 Å². The van der Waals surface area contributed by atoms with E-state index in [0.717, 1.165) is 6.54 Å². The zero-order valence-electron chi connectivity index (χ0n) is 7.59. The summed E-state index contributed by atoms with van der Waals surface area (Å²) >= 11 is 0. The molecule has 0 spiro atoms. The van der Waals surface area contributed by atoms with Gasteiger partial charge in [0.1, 0.15) is 0 Å². The summed E-state index contributed by atoms with van der Waals surface area (Å²) in [5.74, 6) is 2.69. The molecule has 0 aromatic heterocycles. The Kier molecular flexibility index (Phi) is 4.17. The Hall–Kier alpha value is -0.520. The molecule has 0 saturated heterocycles. The lowest BCUT2D eigenvalue weighted by Crippen LogP contribution is -2.44. The monoisotopic (exact) mass is 155 g/mol. The van der Waals surface area contributed by atoms with Crippen LogP contribution in [-0.2, 0) is 0 Å². The SMILES string of the molecule is C#CC(C)(C)N(CC)CCO. The second-order valence-corrected chi connectivity index (χ2v) is 3.01. The Morgan fingerprint density at radius 3 is 2.36 bits per heavy atom. The lowest BCUT2D eigenvalue weighted by atomic mass is 10.0. The van der Waals surface area contributed by atoms with Crippen LogP contribution >= 0.6 is 0 Å². The highest BCUT2D eigenvalue weighted by Crippen LogP contribution is 2.11. The molecule has 0 atom stereocenters. The molecule has 0 aromatic rings. The summed E-state index contributed by atoms with van der Waals surface area (Å²) in [4.78, 5) is 2.06. The van der Waals surface area contributed by atoms with Gasteiger partial charge in [0.2, 0.25) is 0 Å². The highest BCUT2D eigenvalue weighted by Gasteiger charge is 2.21. The molecule has 0 radical (unpaired) electrons. The van der Waals surface area contributed by atoms with Crippen LogP contribution in [0.5, 0.6) is 0 Å². The Bertz CT molecular complexity index is 146. The first-order valence-corrected chi connectivity index (χ1v) is 3.92. The van der Waals surface area contributed by atoms with Crippen molar-refractivity contribution in [2.75, 3.05) is 19.7 Å². The lowest BCUT2D eigenvalue weighted by molar-refractivity contribution is 0.137. The van der Waals surface area contributed by atoms with Crippen LogP contribution in [0.25, 0.3) is 0 Å². The summed E-state index contributed by atoms with van der Waals surface area (Å²) in [6, 6.07) is 0. The van der Waals surface area contributed by atoms with Crippen molar-refractivity contribution in [2.45, 2.75) is 26.3 Å². The molecule has 0 rings (SSSR count). The molecule has 0 amide bonds. The van der Waals surface area contributed by atoms with Crippen LogP contribution in [-0.4, -0.2) is 35.2 Å². The summed E-state index contributed by atoms with van der Waals surface area (Å²) in [7, 11) is 0. The van der Waals surface area contributed by atoms with Crippen molar-refractivity contribution < 1.29 is 5.11 Å². The molecule has 0 aliphatic carbocycles. The molecule has 0 heterocycles. The zero-order chi connectivity index (χ0) is 8.91. The second kappa shape index (κ2) is 4.38. The number of hydrogen-bond acceptors (Lipinski definition) is 2. The molecular weight excluding hydrogens is 138 g/mol. The van der Waals surface area contributed by atoms with E-state index in [9.17, 15) is 0 Å². The molecule has 64 valence electrons. The van der Waals surface area contributed by atoms with Crippen molar-refractivity contribution in [3.05, 3.63) is 0 Å². The molecular formula is C9H17NO. The summed E-state index contributed by atoms with van der Waals surface area (Å²) in [6.45, 7) is 7.68. The van der Waals surface area contributed by atoms with Gasteiger partial charge in [-0.1, -0.05) is 12.8 Å². The van der Waals surface area contributed by atoms with Crippen LogP contribution in [0.3, 0.4) is 0 Å². The predicted octanol–water partition coefficient (Wildman–Crippen LogP) is 0.712. The molecule has 0 fully saturated rings. The summed E-state index contributed by atoms with van der Waals surface area (Å²) in [5.41, 5.74) is -0.239. The van der Waals surface area contributed by atoms with E-state index in [-0.39, 0.29) is 12.1 Å². The van der Waals surface area contributed by atoms with E-state index in [1.807, 2.05) is 20.8 Å². The highest BCUT2D eigenvalue weighted by molar-refractivity contribution is 5.08. The Morgan fingerprint density at radius 2 is 2.09 bits per heavy atom. The van der Waals surface area contributed by atoms with E-state index in [1.54, 1.807) is 0 Å². The van der Waals surface area contributed by atoms with Gasteiger partial charge in [0, 0.05) is 6.54 Å². The van der Waals surface area contributed by atoms with Gasteiger partial charge in [-0.2, -0.15) is 0 Å². The number of rotatable bonds is 4. The highest BCUT2D eigenvalue weighted by atomic mass is 16.3. The van der Waals surface area contributed by atoms with Gasteiger partial charge in [0.15, 0.2) is 0 Å². The third-order valence-electron chi connectivity index (χ3n) is 1.90. The van der Waals surface area contributed by atoms with E-state index >= 15 is 0 Å². The first kappa shape index (κ1) is 10.5. The van der Waals surface area contributed by atoms with Gasteiger partial charge in [0.25, 0.3) is 0 Å². The van der Waals surface area contributed by atoms with Crippen LogP contribution in [0.15, 0.2) is 0 Å². The molecule has 0 aliphatic heterocycles. The lowest BCUT2D eigenvalue weighted by Gasteiger charge is -2.32. The van der Waals surface area contributed by atoms with E-state index < -0.39 is 0 Å². The first-order chi connectivity index (χ1) is 5.08. The van der Waals surface area contributed by atoms with Gasteiger partial charge in [-0.3, -0.25) is 4.90 Å². The molecule has 0 aromatic carbocycles. The summed E-state index contributed by atoms with van der Waals surface area (Å²) in [5, 5.41) is 8.72. The molecule has 0 saturated carbocycles. The molecule has 0 unspecified atom stereocenters. The number of terminal acetylenes is 1. The number of hydrogen-bond donors (Lipinski definition) is 1. The number of aliphatic hydroxyl groups excluding tert-OH is 1. The minimum absolute atomic E-state index is 0.166. The molecule has 0 bridgehead atoms. The van der Waals surface area contributed by atoms with Crippen LogP contribution in [0.4, 0.5) is 0 Å². The van der Waals surface area contributed by atoms with E-state index in [2.05, 4.69) is 10.8 Å². The average molecular weight is 155 g/mol. The standard InChI is InChI=1S/C9H17NO/c1-5-9(3,4)10(6-2)7-8-11/h1,11H,6-8H2,2-4H3. The molecule has 2 heteroatoms. The van der Waals surface area contributed by atoms with Gasteiger partial charge in [0.05, 0.1) is 12.1 Å². The van der Waals surface area contributed by atoms with E-state index in [0.29, 0.717) is 6.54 Å². The molecule has 0 aliphatic rings. The number of likely N-dealkylation sites (N-methyl/N-ethyl adjacent to an activating group) is 1. The minimum Gasteiger partial charge on any atom is -0.395 e. The van der Waals surface area contributed by atoms with Gasteiger partial charge >= 0.3 is 0 Å². The summed E-state index contributed by atoms with van der Waals surface area (Å²) in [6.07, 6.45) is 5.34. The van der Waals surface area contributed by atoms with E-state index in [4.69, 9.17) is 11.5 Å². The van der Waals surface area contributed by atoms with Crippen molar-refractivity contribution in [1.82, 2.24) is 4.90 Å². The quantitative estimate of drug-likeness (QED) is 0.604. The molecule has 2 nitrogen and oxygen atoms in total. The molecule has 11 heavy (non-hydrogen) atoms. The van der Waals surface area contributed by atoms with Gasteiger partial charge in [-0.05, 0) is 20.4 Å². The number of nitrogens with zero attached hydrogens (tertiary/aromatic N) is 1. The largest absolute Gasteiger partial charge is 0.395 e. The van der Waals surface area contributed by atoms with E-state index in [1.165, 1.54) is 0 Å². The summed E-state index contributed by atoms with van der Waals surface area (Å²) < 4.78 is 0. The zero-order valence-corrected chi connectivity index (χ0v) is 7.59. The normalized spacial score (nSPS) is 11.6. The fourth-order valence-corrected chi connectivity index (χ4v) is 1.04. The van der Waals surface area contributed by atoms with Crippen LogP contribution in [0.2, 0.25) is 0 Å². The third-order valence-corrected chi connectivity index (χ3v) is 1.90. The third kappa shape index (κ3) is 2.92. The fraction of sp³-hybridized carbons (Fsp3) is 0.778.